The molecule has 1 saturated heterocycles. The van der Waals surface area contributed by atoms with Crippen molar-refractivity contribution in [3.8, 4) is 10.6 Å². The number of hydrogen-bond donors (Lipinski definition) is 1. The highest BCUT2D eigenvalue weighted by Crippen LogP contribution is 2.57. The van der Waals surface area contributed by atoms with Crippen LogP contribution < -0.4 is 0 Å². The second-order valence-corrected chi connectivity index (χ2v) is 11.9. The fourth-order valence-corrected chi connectivity index (χ4v) is 8.54. The van der Waals surface area contributed by atoms with Crippen molar-refractivity contribution in [3.63, 3.8) is 0 Å². The molecule has 1 N–H and O–H groups in total. The summed E-state index contributed by atoms with van der Waals surface area (Å²) < 4.78 is 0. The first-order valence-corrected chi connectivity index (χ1v) is 13.1. The number of carbonyl (C=O) groups excluding carboxylic acids is 1. The average molecular weight is 445 g/mol. The second-order valence-electron chi connectivity index (χ2n) is 10.00. The van der Waals surface area contributed by atoms with Crippen molar-refractivity contribution in [2.45, 2.75) is 64.9 Å². The van der Waals surface area contributed by atoms with E-state index in [4.69, 9.17) is 4.98 Å². The second kappa shape index (κ2) is 7.72. The molecule has 0 bridgehead atoms. The number of aliphatic hydroxyl groups excluding tert-OH is 1. The Labute approximate surface area is 187 Å². The third kappa shape index (κ3) is 3.26. The van der Waals surface area contributed by atoms with Gasteiger partial charge < -0.3 is 10.0 Å². The first kappa shape index (κ1) is 20.7. The van der Waals surface area contributed by atoms with Crippen LogP contribution in [0.3, 0.4) is 0 Å². The van der Waals surface area contributed by atoms with Gasteiger partial charge in [-0.25, -0.2) is 4.98 Å². The predicted molar refractivity (Wildman–Crippen MR) is 123 cm³/mol. The number of nitrogens with zero attached hydrogens (tertiary/aromatic N) is 2. The van der Waals surface area contributed by atoms with Crippen LogP contribution in [0.5, 0.6) is 0 Å². The van der Waals surface area contributed by atoms with Gasteiger partial charge in [0.2, 0.25) is 5.91 Å². The number of aliphatic hydroxyl groups is 1. The van der Waals surface area contributed by atoms with E-state index in [9.17, 15) is 9.90 Å². The van der Waals surface area contributed by atoms with E-state index in [1.807, 2.05) is 23.2 Å². The van der Waals surface area contributed by atoms with Crippen molar-refractivity contribution in [1.29, 1.82) is 0 Å². The van der Waals surface area contributed by atoms with Crippen LogP contribution >= 0.6 is 22.7 Å². The maximum atomic E-state index is 13.0. The highest BCUT2D eigenvalue weighted by atomic mass is 32.1. The molecule has 162 valence electrons. The van der Waals surface area contributed by atoms with Crippen LogP contribution in [0, 0.1) is 23.2 Å². The van der Waals surface area contributed by atoms with Crippen LogP contribution in [0.2, 0.25) is 0 Å². The third-order valence-electron chi connectivity index (χ3n) is 8.14. The third-order valence-corrected chi connectivity index (χ3v) is 9.94. The number of fused-ring (bicyclic) bond motifs is 2. The molecule has 0 radical (unpaired) electrons. The molecule has 3 heterocycles. The Morgan fingerprint density at radius 1 is 1.37 bits per heavy atom. The molecule has 30 heavy (non-hydrogen) atoms. The molecule has 3 aliphatic rings. The van der Waals surface area contributed by atoms with Crippen LogP contribution in [-0.4, -0.2) is 40.1 Å². The Kier molecular flexibility index (Phi) is 5.31. The predicted octanol–water partition coefficient (Wildman–Crippen LogP) is 5.18. The van der Waals surface area contributed by atoms with E-state index in [0.29, 0.717) is 0 Å². The van der Waals surface area contributed by atoms with Crippen LogP contribution in [0.15, 0.2) is 16.8 Å². The molecule has 2 aliphatic carbocycles. The summed E-state index contributed by atoms with van der Waals surface area (Å²) in [7, 11) is 0. The van der Waals surface area contributed by atoms with Crippen molar-refractivity contribution in [2.24, 2.45) is 23.2 Å². The molecule has 0 spiro atoms. The lowest BCUT2D eigenvalue weighted by Crippen LogP contribution is -2.53. The Balaban J connectivity index is 1.42. The molecule has 2 aromatic heterocycles. The van der Waals surface area contributed by atoms with Crippen molar-refractivity contribution < 1.29 is 9.90 Å². The Morgan fingerprint density at radius 2 is 2.13 bits per heavy atom. The summed E-state index contributed by atoms with van der Waals surface area (Å²) >= 11 is 3.54. The summed E-state index contributed by atoms with van der Waals surface area (Å²) in [5.41, 5.74) is 2.47. The fraction of sp³-hybridized carbons (Fsp3) is 0.667. The van der Waals surface area contributed by atoms with E-state index in [1.165, 1.54) is 16.1 Å². The maximum absolute atomic E-state index is 13.0. The Bertz CT molecular complexity index is 918. The SMILES string of the molecule is C[C@H](C(=O)N1CCCC1)[C@H]1CC[C@]2(C)Cc3sc(-c4ccsc4)nc3[C@H](C)[C@@H]2[C@H]1O. The topological polar surface area (TPSA) is 53.4 Å². The largest absolute Gasteiger partial charge is 0.392 e. The van der Waals surface area contributed by atoms with Crippen LogP contribution in [-0.2, 0) is 11.2 Å². The van der Waals surface area contributed by atoms with Gasteiger partial charge in [0, 0.05) is 40.7 Å². The molecule has 5 rings (SSSR count). The van der Waals surface area contributed by atoms with Crippen LogP contribution in [0.4, 0.5) is 0 Å². The first-order chi connectivity index (χ1) is 14.4. The van der Waals surface area contributed by atoms with Crippen molar-refractivity contribution in [1.82, 2.24) is 9.88 Å². The van der Waals surface area contributed by atoms with E-state index in [1.54, 1.807) is 11.3 Å². The van der Waals surface area contributed by atoms with Crippen LogP contribution in [0.25, 0.3) is 10.6 Å². The van der Waals surface area contributed by atoms with Crippen molar-refractivity contribution in [2.75, 3.05) is 13.1 Å². The lowest BCUT2D eigenvalue weighted by atomic mass is 9.53. The number of aromatic nitrogens is 1. The summed E-state index contributed by atoms with van der Waals surface area (Å²) in [4.78, 5) is 21.5. The van der Waals surface area contributed by atoms with Gasteiger partial charge in [0.15, 0.2) is 0 Å². The van der Waals surface area contributed by atoms with Gasteiger partial charge in [-0.05, 0) is 60.8 Å². The zero-order chi connectivity index (χ0) is 21.0. The van der Waals surface area contributed by atoms with Gasteiger partial charge >= 0.3 is 0 Å². The molecule has 6 heteroatoms. The monoisotopic (exact) mass is 444 g/mol. The molecule has 2 aromatic rings. The zero-order valence-electron chi connectivity index (χ0n) is 18.1. The quantitative estimate of drug-likeness (QED) is 0.709. The summed E-state index contributed by atoms with van der Waals surface area (Å²) in [6.45, 7) is 8.42. The lowest BCUT2D eigenvalue weighted by Gasteiger charge is -2.53. The first-order valence-electron chi connectivity index (χ1n) is 11.4. The highest BCUT2D eigenvalue weighted by molar-refractivity contribution is 7.15. The van der Waals surface area contributed by atoms with Gasteiger partial charge in [-0.1, -0.05) is 20.8 Å². The molecule has 6 atom stereocenters. The summed E-state index contributed by atoms with van der Waals surface area (Å²) in [6, 6.07) is 2.14. The molecular formula is C24H32N2O2S2. The van der Waals surface area contributed by atoms with Crippen molar-refractivity contribution in [3.05, 3.63) is 27.4 Å². The molecule has 2 fully saturated rings. The number of carbonyl (C=O) groups is 1. The minimum absolute atomic E-state index is 0.0511. The van der Waals surface area contributed by atoms with Gasteiger partial charge in [0.05, 0.1) is 11.8 Å². The van der Waals surface area contributed by atoms with Gasteiger partial charge in [0.1, 0.15) is 5.01 Å². The molecule has 0 aromatic carbocycles. The molecule has 0 unspecified atom stereocenters. The number of hydrogen-bond acceptors (Lipinski definition) is 5. The van der Waals surface area contributed by atoms with Crippen LogP contribution in [0.1, 0.15) is 62.9 Å². The summed E-state index contributed by atoms with van der Waals surface area (Å²) in [6.07, 6.45) is 4.79. The number of rotatable bonds is 3. The maximum Gasteiger partial charge on any atom is 0.225 e. The van der Waals surface area contributed by atoms with E-state index in [2.05, 4.69) is 30.7 Å². The number of thiophene rings is 1. The normalized spacial score (nSPS) is 34.5. The van der Waals surface area contributed by atoms with E-state index in [0.717, 1.165) is 50.2 Å². The van der Waals surface area contributed by atoms with E-state index >= 15 is 0 Å². The highest BCUT2D eigenvalue weighted by Gasteiger charge is 2.54. The lowest BCUT2D eigenvalue weighted by molar-refractivity contribution is -0.143. The molecule has 4 nitrogen and oxygen atoms in total. The fourth-order valence-electron chi connectivity index (χ4n) is 6.46. The molecule has 1 amide bonds. The summed E-state index contributed by atoms with van der Waals surface area (Å²) in [5.74, 6) is 0.574. The van der Waals surface area contributed by atoms with E-state index in [-0.39, 0.29) is 35.0 Å². The number of likely N-dealkylation sites (tertiary alicyclic amines) is 1. The number of thiazole rings is 1. The van der Waals surface area contributed by atoms with Crippen molar-refractivity contribution >= 4 is 28.6 Å². The smallest absolute Gasteiger partial charge is 0.225 e. The number of amides is 1. The molecule has 1 aliphatic heterocycles. The molecular weight excluding hydrogens is 412 g/mol. The summed E-state index contributed by atoms with van der Waals surface area (Å²) in [5, 5.41) is 17.0. The van der Waals surface area contributed by atoms with E-state index < -0.39 is 6.10 Å². The standard InChI is InChI=1S/C24H32N2O2S2/c1-14(23(28)26-9-4-5-10-26)17-6-8-24(3)12-18-20(15(2)19(24)21(17)27)25-22(30-18)16-7-11-29-13-16/h7,11,13-15,17,19,21,27H,4-6,8-10,12H2,1-3H3/t14-,15+,17+,19+,21-,24+/m0/s1. The zero-order valence-corrected chi connectivity index (χ0v) is 19.8. The van der Waals surface area contributed by atoms with Gasteiger partial charge in [-0.2, -0.15) is 11.3 Å². The average Bonchev–Trinajstić information content (AvgIpc) is 3.46. The minimum Gasteiger partial charge on any atom is -0.392 e. The van der Waals surface area contributed by atoms with Gasteiger partial charge in [0.25, 0.3) is 0 Å². The Hall–Kier alpha value is -1.24. The molecule has 1 saturated carbocycles. The van der Waals surface area contributed by atoms with Gasteiger partial charge in [-0.15, -0.1) is 11.3 Å². The van der Waals surface area contributed by atoms with Gasteiger partial charge in [-0.3, -0.25) is 4.79 Å². The minimum atomic E-state index is -0.445. The Morgan fingerprint density at radius 3 is 2.83 bits per heavy atom.